The quantitative estimate of drug-likeness (QED) is 0.853. The number of rotatable bonds is 3. The Labute approximate surface area is 117 Å². The first-order chi connectivity index (χ1) is 9.34. The maximum Gasteiger partial charge on any atom is 0.0702 e. The fraction of sp³-hybridized carbons (Fsp3) is 1.00. The second-order valence-corrected chi connectivity index (χ2v) is 6.71. The van der Waals surface area contributed by atoms with Crippen molar-refractivity contribution in [1.29, 1.82) is 0 Å². The van der Waals surface area contributed by atoms with Crippen molar-refractivity contribution in [2.75, 3.05) is 19.7 Å². The van der Waals surface area contributed by atoms with Crippen molar-refractivity contribution in [3.63, 3.8) is 0 Å². The molecule has 0 aromatic carbocycles. The molecule has 2 saturated heterocycles. The molecule has 3 nitrogen and oxygen atoms in total. The van der Waals surface area contributed by atoms with Gasteiger partial charge in [0.1, 0.15) is 0 Å². The summed E-state index contributed by atoms with van der Waals surface area (Å²) < 4.78 is 5.81. The van der Waals surface area contributed by atoms with Gasteiger partial charge in [-0.05, 0) is 45.1 Å². The lowest BCUT2D eigenvalue weighted by molar-refractivity contribution is -0.0245. The van der Waals surface area contributed by atoms with E-state index in [0.717, 1.165) is 19.6 Å². The van der Waals surface area contributed by atoms with E-state index in [1.165, 1.54) is 57.9 Å². The third-order valence-corrected chi connectivity index (χ3v) is 5.40. The highest BCUT2D eigenvalue weighted by molar-refractivity contribution is 4.90. The average Bonchev–Trinajstić information content (AvgIpc) is 2.93. The summed E-state index contributed by atoms with van der Waals surface area (Å²) in [4.78, 5) is 2.65. The van der Waals surface area contributed by atoms with Crippen LogP contribution < -0.4 is 0 Å². The van der Waals surface area contributed by atoms with E-state index in [1.807, 2.05) is 0 Å². The molecule has 4 atom stereocenters. The summed E-state index contributed by atoms with van der Waals surface area (Å²) in [5.41, 5.74) is 0. The smallest absolute Gasteiger partial charge is 0.0702 e. The van der Waals surface area contributed by atoms with Crippen LogP contribution in [0.3, 0.4) is 0 Å². The van der Waals surface area contributed by atoms with Crippen LogP contribution >= 0.6 is 0 Å². The molecule has 1 N–H and O–H groups in total. The van der Waals surface area contributed by atoms with Gasteiger partial charge in [0.2, 0.25) is 0 Å². The summed E-state index contributed by atoms with van der Waals surface area (Å²) in [6, 6.07) is 0.619. The minimum Gasteiger partial charge on any atom is -0.393 e. The van der Waals surface area contributed by atoms with E-state index in [0.29, 0.717) is 18.1 Å². The molecule has 2 heterocycles. The summed E-state index contributed by atoms with van der Waals surface area (Å²) in [6.07, 6.45) is 11.6. The molecule has 110 valence electrons. The van der Waals surface area contributed by atoms with Gasteiger partial charge in [0.25, 0.3) is 0 Å². The van der Waals surface area contributed by atoms with E-state index >= 15 is 0 Å². The number of likely N-dealkylation sites (tertiary alicyclic amines) is 1. The van der Waals surface area contributed by atoms with Gasteiger partial charge in [0.15, 0.2) is 0 Å². The fourth-order valence-electron chi connectivity index (χ4n) is 4.37. The molecule has 1 saturated carbocycles. The maximum absolute atomic E-state index is 10.3. The zero-order valence-corrected chi connectivity index (χ0v) is 12.1. The fourth-order valence-corrected chi connectivity index (χ4v) is 4.37. The van der Waals surface area contributed by atoms with E-state index in [4.69, 9.17) is 4.74 Å². The average molecular weight is 267 g/mol. The number of aliphatic hydroxyl groups excluding tert-OH is 1. The molecule has 0 radical (unpaired) electrons. The molecule has 3 rings (SSSR count). The molecule has 0 aromatic heterocycles. The van der Waals surface area contributed by atoms with Gasteiger partial charge in [-0.1, -0.05) is 19.3 Å². The molecular formula is C16H29NO2. The second-order valence-electron chi connectivity index (χ2n) is 6.71. The third-order valence-electron chi connectivity index (χ3n) is 5.40. The molecule has 0 amide bonds. The molecule has 2 aliphatic heterocycles. The lowest BCUT2D eigenvalue weighted by Gasteiger charge is -2.44. The van der Waals surface area contributed by atoms with Crippen LogP contribution in [-0.2, 0) is 4.74 Å². The summed E-state index contributed by atoms with van der Waals surface area (Å²) in [6.45, 7) is 3.27. The Balaban J connectivity index is 1.62. The van der Waals surface area contributed by atoms with E-state index in [2.05, 4.69) is 4.90 Å². The lowest BCUT2D eigenvalue weighted by Crippen LogP contribution is -2.50. The number of nitrogens with zero attached hydrogens (tertiary/aromatic N) is 1. The maximum atomic E-state index is 10.3. The Bertz CT molecular complexity index is 278. The molecule has 4 unspecified atom stereocenters. The highest BCUT2D eigenvalue weighted by Gasteiger charge is 2.36. The first-order valence-corrected chi connectivity index (χ1v) is 8.38. The molecule has 3 fully saturated rings. The van der Waals surface area contributed by atoms with Crippen molar-refractivity contribution in [2.45, 2.75) is 76.0 Å². The van der Waals surface area contributed by atoms with E-state index < -0.39 is 0 Å². The highest BCUT2D eigenvalue weighted by atomic mass is 16.5. The minimum absolute atomic E-state index is 0.0520. The summed E-state index contributed by atoms with van der Waals surface area (Å²) in [7, 11) is 0. The van der Waals surface area contributed by atoms with Crippen LogP contribution in [0, 0.1) is 5.92 Å². The van der Waals surface area contributed by atoms with Gasteiger partial charge in [0, 0.05) is 25.1 Å². The van der Waals surface area contributed by atoms with Gasteiger partial charge in [-0.25, -0.2) is 0 Å². The van der Waals surface area contributed by atoms with Gasteiger partial charge < -0.3 is 9.84 Å². The number of ether oxygens (including phenoxy) is 1. The number of aliphatic hydroxyl groups is 1. The van der Waals surface area contributed by atoms with Crippen LogP contribution in [0.2, 0.25) is 0 Å². The number of piperidine rings is 1. The van der Waals surface area contributed by atoms with Gasteiger partial charge >= 0.3 is 0 Å². The third kappa shape index (κ3) is 3.32. The Kier molecular flexibility index (Phi) is 4.78. The van der Waals surface area contributed by atoms with E-state index in [-0.39, 0.29) is 6.10 Å². The monoisotopic (exact) mass is 267 g/mol. The topological polar surface area (TPSA) is 32.7 Å². The molecule has 0 aromatic rings. The van der Waals surface area contributed by atoms with Crippen LogP contribution in [0.5, 0.6) is 0 Å². The zero-order valence-electron chi connectivity index (χ0n) is 12.1. The molecule has 0 spiro atoms. The van der Waals surface area contributed by atoms with Crippen LogP contribution in [-0.4, -0.2) is 48.0 Å². The molecule has 19 heavy (non-hydrogen) atoms. The summed E-state index contributed by atoms with van der Waals surface area (Å²) >= 11 is 0. The van der Waals surface area contributed by atoms with Crippen LogP contribution in [0.4, 0.5) is 0 Å². The molecule has 3 aliphatic rings. The first kappa shape index (κ1) is 13.8. The van der Waals surface area contributed by atoms with E-state index in [9.17, 15) is 5.11 Å². The first-order valence-electron chi connectivity index (χ1n) is 8.38. The molecule has 3 heteroatoms. The lowest BCUT2D eigenvalue weighted by atomic mass is 9.78. The number of hydrogen-bond acceptors (Lipinski definition) is 3. The van der Waals surface area contributed by atoms with Crippen molar-refractivity contribution < 1.29 is 9.84 Å². The summed E-state index contributed by atoms with van der Waals surface area (Å²) in [5, 5.41) is 10.3. The largest absolute Gasteiger partial charge is 0.393 e. The van der Waals surface area contributed by atoms with Crippen molar-refractivity contribution in [2.24, 2.45) is 5.92 Å². The van der Waals surface area contributed by atoms with Gasteiger partial charge in [-0.15, -0.1) is 0 Å². The molecular weight excluding hydrogens is 238 g/mol. The Hall–Kier alpha value is -0.120. The molecule has 0 bridgehead atoms. The second kappa shape index (κ2) is 6.55. The Morgan fingerprint density at radius 2 is 1.79 bits per heavy atom. The Morgan fingerprint density at radius 1 is 0.947 bits per heavy atom. The number of hydrogen-bond donors (Lipinski definition) is 1. The summed E-state index contributed by atoms with van der Waals surface area (Å²) in [5.74, 6) is 0.524. The predicted molar refractivity (Wildman–Crippen MR) is 76.2 cm³/mol. The van der Waals surface area contributed by atoms with Crippen molar-refractivity contribution in [3.05, 3.63) is 0 Å². The Morgan fingerprint density at radius 3 is 2.58 bits per heavy atom. The van der Waals surface area contributed by atoms with Crippen molar-refractivity contribution in [3.8, 4) is 0 Å². The van der Waals surface area contributed by atoms with Crippen LogP contribution in [0.15, 0.2) is 0 Å². The van der Waals surface area contributed by atoms with Gasteiger partial charge in [-0.3, -0.25) is 4.90 Å². The van der Waals surface area contributed by atoms with Crippen LogP contribution in [0.1, 0.15) is 57.8 Å². The van der Waals surface area contributed by atoms with Gasteiger partial charge in [0.05, 0.1) is 12.2 Å². The minimum atomic E-state index is -0.0520. The van der Waals surface area contributed by atoms with E-state index in [1.54, 1.807) is 0 Å². The van der Waals surface area contributed by atoms with Crippen molar-refractivity contribution in [1.82, 2.24) is 4.90 Å². The SMILES string of the molecule is OC1CCCCC1C1CCCCN1CC1CCCO1. The van der Waals surface area contributed by atoms with Gasteiger partial charge in [-0.2, -0.15) is 0 Å². The standard InChI is InChI=1S/C16H29NO2/c18-16-9-2-1-7-14(16)15-8-3-4-10-17(15)12-13-6-5-11-19-13/h13-16,18H,1-12H2. The normalized spacial score (nSPS) is 41.5. The van der Waals surface area contributed by atoms with Crippen molar-refractivity contribution >= 4 is 0 Å². The zero-order chi connectivity index (χ0) is 13.1. The molecule has 1 aliphatic carbocycles. The van der Waals surface area contributed by atoms with Crippen LogP contribution in [0.25, 0.3) is 0 Å². The highest BCUT2D eigenvalue weighted by Crippen LogP contribution is 2.34. The predicted octanol–water partition coefficient (Wildman–Crippen LogP) is 2.57.